The molecule has 2 atom stereocenters. The molecule has 2 unspecified atom stereocenters. The summed E-state index contributed by atoms with van der Waals surface area (Å²) in [6, 6.07) is 10.3. The van der Waals surface area contributed by atoms with Gasteiger partial charge in [-0.2, -0.15) is 0 Å². The van der Waals surface area contributed by atoms with Crippen LogP contribution in [-0.2, 0) is 16.1 Å². The maximum Gasteiger partial charge on any atom is 0.184 e. The lowest BCUT2D eigenvalue weighted by Crippen LogP contribution is -2.00. The Morgan fingerprint density at radius 2 is 1.50 bits per heavy atom. The molecule has 0 spiro atoms. The summed E-state index contributed by atoms with van der Waals surface area (Å²) >= 11 is 3.48. The predicted octanol–water partition coefficient (Wildman–Crippen LogP) is 5.83. The zero-order chi connectivity index (χ0) is 15.5. The summed E-state index contributed by atoms with van der Waals surface area (Å²) in [7, 11) is 0. The van der Waals surface area contributed by atoms with E-state index >= 15 is 0 Å². The van der Waals surface area contributed by atoms with Crippen molar-refractivity contribution in [2.45, 2.75) is 76.8 Å². The third kappa shape index (κ3) is 7.75. The molecule has 1 saturated heterocycles. The average Bonchev–Trinajstić information content (AvgIpc) is 3.31. The molecule has 0 bridgehead atoms. The van der Waals surface area contributed by atoms with Crippen molar-refractivity contribution in [2.24, 2.45) is 0 Å². The SMILES string of the molecule is BrCCCCCCCCCCC1OC1OCc1ccccc1. The van der Waals surface area contributed by atoms with Gasteiger partial charge < -0.3 is 9.47 Å². The molecule has 0 amide bonds. The second kappa shape index (κ2) is 11.2. The average molecular weight is 369 g/mol. The Hall–Kier alpha value is -0.380. The van der Waals surface area contributed by atoms with Crippen molar-refractivity contribution in [2.75, 3.05) is 5.33 Å². The van der Waals surface area contributed by atoms with Crippen LogP contribution in [0.5, 0.6) is 0 Å². The summed E-state index contributed by atoms with van der Waals surface area (Å²) < 4.78 is 11.3. The summed E-state index contributed by atoms with van der Waals surface area (Å²) in [6.07, 6.45) is 12.4. The van der Waals surface area contributed by atoms with Gasteiger partial charge in [-0.25, -0.2) is 0 Å². The van der Waals surface area contributed by atoms with Crippen LogP contribution in [0.1, 0.15) is 63.4 Å². The topological polar surface area (TPSA) is 21.8 Å². The van der Waals surface area contributed by atoms with E-state index in [9.17, 15) is 0 Å². The molecule has 1 fully saturated rings. The van der Waals surface area contributed by atoms with Crippen LogP contribution in [0.4, 0.5) is 0 Å². The first-order valence-electron chi connectivity index (χ1n) is 8.77. The summed E-state index contributed by atoms with van der Waals surface area (Å²) in [4.78, 5) is 0. The minimum atomic E-state index is 0.0458. The number of alkyl halides is 1. The zero-order valence-electron chi connectivity index (χ0n) is 13.5. The van der Waals surface area contributed by atoms with Crippen molar-refractivity contribution in [3.8, 4) is 0 Å². The lowest BCUT2D eigenvalue weighted by Gasteiger charge is -2.02. The number of ether oxygens (including phenoxy) is 2. The van der Waals surface area contributed by atoms with Crippen molar-refractivity contribution in [1.29, 1.82) is 0 Å². The Labute approximate surface area is 143 Å². The van der Waals surface area contributed by atoms with Crippen LogP contribution < -0.4 is 0 Å². The van der Waals surface area contributed by atoms with Crippen molar-refractivity contribution in [3.05, 3.63) is 35.9 Å². The van der Waals surface area contributed by atoms with Crippen molar-refractivity contribution in [1.82, 2.24) is 0 Å². The van der Waals surface area contributed by atoms with Crippen LogP contribution in [0.15, 0.2) is 30.3 Å². The van der Waals surface area contributed by atoms with Crippen LogP contribution in [0.2, 0.25) is 0 Å². The fourth-order valence-corrected chi connectivity index (χ4v) is 3.13. The smallest absolute Gasteiger partial charge is 0.184 e. The molecule has 2 nitrogen and oxygen atoms in total. The predicted molar refractivity (Wildman–Crippen MR) is 95.2 cm³/mol. The van der Waals surface area contributed by atoms with E-state index in [-0.39, 0.29) is 6.29 Å². The van der Waals surface area contributed by atoms with Gasteiger partial charge >= 0.3 is 0 Å². The Morgan fingerprint density at radius 1 is 0.864 bits per heavy atom. The van der Waals surface area contributed by atoms with Gasteiger partial charge in [0.2, 0.25) is 0 Å². The van der Waals surface area contributed by atoms with E-state index in [1.165, 1.54) is 56.9 Å². The second-order valence-corrected chi connectivity index (χ2v) is 6.94. The van der Waals surface area contributed by atoms with Gasteiger partial charge in [0, 0.05) is 5.33 Å². The first-order valence-corrected chi connectivity index (χ1v) is 9.89. The van der Waals surface area contributed by atoms with E-state index in [1.807, 2.05) is 18.2 Å². The largest absolute Gasteiger partial charge is 0.345 e. The number of unbranched alkanes of at least 4 members (excludes halogenated alkanes) is 7. The number of halogens is 1. The van der Waals surface area contributed by atoms with Crippen LogP contribution in [-0.4, -0.2) is 17.7 Å². The highest BCUT2D eigenvalue weighted by Gasteiger charge is 2.39. The molecule has 0 saturated carbocycles. The highest BCUT2D eigenvalue weighted by molar-refractivity contribution is 9.09. The number of benzene rings is 1. The molecule has 1 heterocycles. The van der Waals surface area contributed by atoms with Gasteiger partial charge in [0.25, 0.3) is 0 Å². The molecule has 1 aliphatic heterocycles. The molecule has 0 aliphatic carbocycles. The fourth-order valence-electron chi connectivity index (χ4n) is 2.73. The van der Waals surface area contributed by atoms with Crippen LogP contribution in [0.3, 0.4) is 0 Å². The van der Waals surface area contributed by atoms with E-state index in [0.29, 0.717) is 12.7 Å². The molecular weight excluding hydrogens is 340 g/mol. The monoisotopic (exact) mass is 368 g/mol. The maximum absolute atomic E-state index is 5.76. The van der Waals surface area contributed by atoms with Gasteiger partial charge in [-0.15, -0.1) is 0 Å². The number of hydrogen-bond acceptors (Lipinski definition) is 2. The number of rotatable bonds is 13. The van der Waals surface area contributed by atoms with E-state index in [4.69, 9.17) is 9.47 Å². The molecule has 1 aliphatic rings. The van der Waals surface area contributed by atoms with Gasteiger partial charge in [0.1, 0.15) is 6.10 Å². The molecule has 0 aromatic heterocycles. The normalized spacial score (nSPS) is 20.2. The van der Waals surface area contributed by atoms with E-state index in [1.54, 1.807) is 0 Å². The summed E-state index contributed by atoms with van der Waals surface area (Å²) in [5.41, 5.74) is 1.22. The molecule has 22 heavy (non-hydrogen) atoms. The van der Waals surface area contributed by atoms with Crippen LogP contribution in [0.25, 0.3) is 0 Å². The van der Waals surface area contributed by atoms with Gasteiger partial charge in [0.05, 0.1) is 6.61 Å². The van der Waals surface area contributed by atoms with Crippen LogP contribution >= 0.6 is 15.9 Å². The molecule has 1 aromatic rings. The molecule has 3 heteroatoms. The Kier molecular flexibility index (Phi) is 9.15. The van der Waals surface area contributed by atoms with Crippen molar-refractivity contribution < 1.29 is 9.47 Å². The lowest BCUT2D eigenvalue weighted by molar-refractivity contribution is 0.0385. The molecule has 2 rings (SSSR count). The number of epoxide rings is 1. The summed E-state index contributed by atoms with van der Waals surface area (Å²) in [5, 5.41) is 1.15. The quantitative estimate of drug-likeness (QED) is 0.248. The standard InChI is InChI=1S/C19H29BrO2/c20-15-11-6-4-2-1-3-5-10-14-18-19(22-18)21-16-17-12-8-7-9-13-17/h7-9,12-13,18-19H,1-6,10-11,14-16H2. The maximum atomic E-state index is 5.76. The second-order valence-electron chi connectivity index (χ2n) is 6.15. The molecule has 1 aromatic carbocycles. The van der Waals surface area contributed by atoms with Crippen LogP contribution in [0, 0.1) is 0 Å². The Balaban J connectivity index is 1.37. The lowest BCUT2D eigenvalue weighted by atomic mass is 10.1. The first-order chi connectivity index (χ1) is 10.9. The van der Waals surface area contributed by atoms with Gasteiger partial charge in [-0.3, -0.25) is 0 Å². The van der Waals surface area contributed by atoms with E-state index in [0.717, 1.165) is 11.8 Å². The Bertz CT molecular complexity index is 382. The highest BCUT2D eigenvalue weighted by atomic mass is 79.9. The zero-order valence-corrected chi connectivity index (χ0v) is 15.1. The minimum absolute atomic E-state index is 0.0458. The third-order valence-electron chi connectivity index (χ3n) is 4.17. The summed E-state index contributed by atoms with van der Waals surface area (Å²) in [6.45, 7) is 0.663. The van der Waals surface area contributed by atoms with Gasteiger partial charge in [-0.05, 0) is 18.4 Å². The first kappa shape index (κ1) is 18.0. The van der Waals surface area contributed by atoms with E-state index in [2.05, 4.69) is 28.1 Å². The van der Waals surface area contributed by atoms with Gasteiger partial charge in [0.15, 0.2) is 6.29 Å². The molecular formula is C19H29BrO2. The van der Waals surface area contributed by atoms with Crippen molar-refractivity contribution >= 4 is 15.9 Å². The molecule has 124 valence electrons. The van der Waals surface area contributed by atoms with Crippen molar-refractivity contribution in [3.63, 3.8) is 0 Å². The fraction of sp³-hybridized carbons (Fsp3) is 0.684. The van der Waals surface area contributed by atoms with E-state index < -0.39 is 0 Å². The molecule has 0 N–H and O–H groups in total. The van der Waals surface area contributed by atoms with Gasteiger partial charge in [-0.1, -0.05) is 91.2 Å². The third-order valence-corrected chi connectivity index (χ3v) is 4.73. The summed E-state index contributed by atoms with van der Waals surface area (Å²) in [5.74, 6) is 0. The Morgan fingerprint density at radius 3 is 2.18 bits per heavy atom. The minimum Gasteiger partial charge on any atom is -0.345 e. The highest BCUT2D eigenvalue weighted by Crippen LogP contribution is 2.29. The number of hydrogen-bond donors (Lipinski definition) is 0. The molecule has 0 radical (unpaired) electrons.